The molecule has 1 atom stereocenters. The second kappa shape index (κ2) is 6.82. The summed E-state index contributed by atoms with van der Waals surface area (Å²) in [5, 5.41) is 0.241. The van der Waals surface area contributed by atoms with E-state index in [1.807, 2.05) is 6.92 Å². The van der Waals surface area contributed by atoms with Crippen LogP contribution in [0.25, 0.3) is 0 Å². The third kappa shape index (κ3) is 3.10. The van der Waals surface area contributed by atoms with Crippen LogP contribution >= 0.6 is 11.6 Å². The summed E-state index contributed by atoms with van der Waals surface area (Å²) < 4.78 is 1.39. The Hall–Kier alpha value is -1.03. The minimum absolute atomic E-state index is 0.103. The lowest BCUT2D eigenvalue weighted by Gasteiger charge is -2.24. The molecule has 0 aliphatic heterocycles. The molecule has 118 valence electrons. The molecule has 1 saturated carbocycles. The van der Waals surface area contributed by atoms with Crippen molar-refractivity contribution in [2.75, 3.05) is 0 Å². The standard InChI is InChI=1S/C16H25ClN2O2/c1-4-11(5-2)10(3)19-15(20)13(12-8-6-7-9-12)14(17)18-16(19)21/h10-12H,4-9H2,1-3H3,(H,18,21). The summed E-state index contributed by atoms with van der Waals surface area (Å²) in [5.74, 6) is 0.517. The zero-order valence-corrected chi connectivity index (χ0v) is 13.9. The number of hydrogen-bond donors (Lipinski definition) is 1. The van der Waals surface area contributed by atoms with Crippen LogP contribution in [0.15, 0.2) is 9.59 Å². The van der Waals surface area contributed by atoms with Crippen LogP contribution in [0.5, 0.6) is 0 Å². The molecule has 0 radical (unpaired) electrons. The van der Waals surface area contributed by atoms with Crippen LogP contribution in [-0.4, -0.2) is 9.55 Å². The topological polar surface area (TPSA) is 54.9 Å². The zero-order chi connectivity index (χ0) is 15.6. The Morgan fingerprint density at radius 2 is 1.81 bits per heavy atom. The second-order valence-corrected chi connectivity index (χ2v) is 6.51. The van der Waals surface area contributed by atoms with Crippen LogP contribution in [-0.2, 0) is 0 Å². The number of nitrogens with one attached hydrogen (secondary N) is 1. The van der Waals surface area contributed by atoms with Gasteiger partial charge in [-0.05, 0) is 31.6 Å². The third-order valence-corrected chi connectivity index (χ3v) is 5.32. The lowest BCUT2D eigenvalue weighted by molar-refractivity contribution is 0.316. The second-order valence-electron chi connectivity index (χ2n) is 6.13. The number of aromatic nitrogens is 2. The molecule has 5 heteroatoms. The predicted molar refractivity (Wildman–Crippen MR) is 86.3 cm³/mol. The Kier molecular flexibility index (Phi) is 5.31. The van der Waals surface area contributed by atoms with E-state index in [9.17, 15) is 9.59 Å². The molecule has 1 heterocycles. The molecular weight excluding hydrogens is 288 g/mol. The van der Waals surface area contributed by atoms with Gasteiger partial charge in [0.2, 0.25) is 0 Å². The van der Waals surface area contributed by atoms with Crippen molar-refractivity contribution in [2.45, 2.75) is 71.3 Å². The highest BCUT2D eigenvalue weighted by molar-refractivity contribution is 6.30. The Morgan fingerprint density at radius 3 is 2.33 bits per heavy atom. The van der Waals surface area contributed by atoms with Gasteiger partial charge in [0.25, 0.3) is 5.56 Å². The van der Waals surface area contributed by atoms with Gasteiger partial charge < -0.3 is 0 Å². The van der Waals surface area contributed by atoms with Crippen molar-refractivity contribution in [2.24, 2.45) is 5.92 Å². The number of hydrogen-bond acceptors (Lipinski definition) is 2. The van der Waals surface area contributed by atoms with Gasteiger partial charge in [-0.3, -0.25) is 14.3 Å². The molecule has 1 fully saturated rings. The lowest BCUT2D eigenvalue weighted by Crippen LogP contribution is -2.41. The average Bonchev–Trinajstić information content (AvgIpc) is 2.93. The fraction of sp³-hybridized carbons (Fsp3) is 0.750. The van der Waals surface area contributed by atoms with Crippen molar-refractivity contribution in [1.29, 1.82) is 0 Å². The maximum atomic E-state index is 12.8. The van der Waals surface area contributed by atoms with E-state index in [4.69, 9.17) is 11.6 Å². The first kappa shape index (κ1) is 16.3. The number of halogens is 1. The van der Waals surface area contributed by atoms with Gasteiger partial charge in [-0.1, -0.05) is 51.1 Å². The maximum absolute atomic E-state index is 12.8. The molecule has 1 aliphatic carbocycles. The van der Waals surface area contributed by atoms with Gasteiger partial charge in [0, 0.05) is 6.04 Å². The molecule has 1 aromatic rings. The van der Waals surface area contributed by atoms with Gasteiger partial charge in [0.05, 0.1) is 5.56 Å². The molecule has 1 aromatic heterocycles. The van der Waals surface area contributed by atoms with Gasteiger partial charge in [0.1, 0.15) is 5.15 Å². The van der Waals surface area contributed by atoms with Gasteiger partial charge in [0.15, 0.2) is 0 Å². The van der Waals surface area contributed by atoms with E-state index in [1.54, 1.807) is 0 Å². The van der Waals surface area contributed by atoms with E-state index >= 15 is 0 Å². The van der Waals surface area contributed by atoms with Crippen molar-refractivity contribution in [3.8, 4) is 0 Å². The van der Waals surface area contributed by atoms with Crippen molar-refractivity contribution >= 4 is 11.6 Å². The minimum Gasteiger partial charge on any atom is -0.297 e. The molecular formula is C16H25ClN2O2. The van der Waals surface area contributed by atoms with E-state index in [1.165, 1.54) is 4.57 Å². The van der Waals surface area contributed by atoms with Gasteiger partial charge in [-0.2, -0.15) is 0 Å². The summed E-state index contributed by atoms with van der Waals surface area (Å²) in [7, 11) is 0. The van der Waals surface area contributed by atoms with Gasteiger partial charge in [-0.15, -0.1) is 0 Å². The van der Waals surface area contributed by atoms with Crippen LogP contribution in [0.3, 0.4) is 0 Å². The van der Waals surface area contributed by atoms with Crippen LogP contribution in [0, 0.1) is 5.92 Å². The SMILES string of the molecule is CCC(CC)C(C)n1c(=O)[nH]c(Cl)c(C2CCCC2)c1=O. The smallest absolute Gasteiger partial charge is 0.297 e. The van der Waals surface area contributed by atoms with E-state index in [2.05, 4.69) is 18.8 Å². The normalized spacial score (nSPS) is 17.6. The molecule has 1 aliphatic rings. The van der Waals surface area contributed by atoms with Gasteiger partial charge in [-0.25, -0.2) is 4.79 Å². The summed E-state index contributed by atoms with van der Waals surface area (Å²) >= 11 is 6.17. The zero-order valence-electron chi connectivity index (χ0n) is 13.1. The third-order valence-electron chi connectivity index (χ3n) is 5.02. The van der Waals surface area contributed by atoms with Crippen LogP contribution in [0.2, 0.25) is 5.15 Å². The molecule has 1 N–H and O–H groups in total. The molecule has 1 unspecified atom stereocenters. The van der Waals surface area contributed by atoms with Crippen molar-refractivity contribution in [1.82, 2.24) is 9.55 Å². The summed E-state index contributed by atoms with van der Waals surface area (Å²) in [6.07, 6.45) is 6.12. The first-order valence-corrected chi connectivity index (χ1v) is 8.43. The average molecular weight is 313 g/mol. The number of H-pyrrole nitrogens is 1. The fourth-order valence-electron chi connectivity index (χ4n) is 3.66. The lowest BCUT2D eigenvalue weighted by atomic mass is 9.94. The monoisotopic (exact) mass is 312 g/mol. The first-order chi connectivity index (χ1) is 10.0. The predicted octanol–water partition coefficient (Wildman–Crippen LogP) is 3.84. The van der Waals surface area contributed by atoms with Crippen molar-refractivity contribution in [3.63, 3.8) is 0 Å². The van der Waals surface area contributed by atoms with Crippen molar-refractivity contribution in [3.05, 3.63) is 31.6 Å². The molecule has 0 saturated heterocycles. The summed E-state index contributed by atoms with van der Waals surface area (Å²) in [5.41, 5.74) is 0.0489. The highest BCUT2D eigenvalue weighted by Gasteiger charge is 2.27. The van der Waals surface area contributed by atoms with Crippen molar-refractivity contribution < 1.29 is 0 Å². The molecule has 0 aromatic carbocycles. The highest BCUT2D eigenvalue weighted by Crippen LogP contribution is 2.35. The summed E-state index contributed by atoms with van der Waals surface area (Å²) in [4.78, 5) is 27.7. The molecule has 4 nitrogen and oxygen atoms in total. The Morgan fingerprint density at radius 1 is 1.24 bits per heavy atom. The Balaban J connectivity index is 2.53. The first-order valence-electron chi connectivity index (χ1n) is 8.05. The maximum Gasteiger partial charge on any atom is 0.329 e. The Bertz CT molecular complexity index is 595. The minimum atomic E-state index is -0.383. The number of aromatic amines is 1. The van der Waals surface area contributed by atoms with E-state index in [-0.39, 0.29) is 28.4 Å². The molecule has 0 bridgehead atoms. The van der Waals surface area contributed by atoms with E-state index < -0.39 is 0 Å². The quantitative estimate of drug-likeness (QED) is 0.840. The summed E-state index contributed by atoms with van der Waals surface area (Å²) in [6, 6.07) is -0.103. The largest absolute Gasteiger partial charge is 0.329 e. The fourth-order valence-corrected chi connectivity index (χ4v) is 3.97. The molecule has 0 amide bonds. The van der Waals surface area contributed by atoms with Crippen LogP contribution in [0.4, 0.5) is 0 Å². The Labute approximate surface area is 130 Å². The van der Waals surface area contributed by atoms with Crippen LogP contribution in [0.1, 0.15) is 76.8 Å². The number of rotatable bonds is 5. The molecule has 21 heavy (non-hydrogen) atoms. The van der Waals surface area contributed by atoms with Gasteiger partial charge >= 0.3 is 5.69 Å². The number of nitrogens with zero attached hydrogens (tertiary/aromatic N) is 1. The van der Waals surface area contributed by atoms with Crippen LogP contribution < -0.4 is 11.2 Å². The highest BCUT2D eigenvalue weighted by atomic mass is 35.5. The molecule has 2 rings (SSSR count). The molecule has 0 spiro atoms. The van der Waals surface area contributed by atoms with E-state index in [0.717, 1.165) is 38.5 Å². The summed E-state index contributed by atoms with van der Waals surface area (Å²) in [6.45, 7) is 6.15. The van der Waals surface area contributed by atoms with E-state index in [0.29, 0.717) is 11.5 Å².